The monoisotopic (exact) mass is 275 g/mol. The predicted octanol–water partition coefficient (Wildman–Crippen LogP) is -1.43. The van der Waals surface area contributed by atoms with Crippen LogP contribution in [0.3, 0.4) is 0 Å². The molecule has 108 valence electrons. The molecule has 0 bridgehead atoms. The second-order valence-corrected chi connectivity index (χ2v) is 4.42. The number of carboxylic acids is 1. The maximum absolute atomic E-state index is 11.4. The molecule has 0 unspecified atom stereocenters. The highest BCUT2D eigenvalue weighted by molar-refractivity contribution is 5.95. The van der Waals surface area contributed by atoms with E-state index in [1.165, 1.54) is 0 Å². The number of ether oxygens (including phenoxy) is 1. The van der Waals surface area contributed by atoms with Gasteiger partial charge in [-0.2, -0.15) is 0 Å². The van der Waals surface area contributed by atoms with Crippen LogP contribution in [0.1, 0.15) is 20.3 Å². The first-order chi connectivity index (χ1) is 8.62. The molecule has 0 aliphatic heterocycles. The van der Waals surface area contributed by atoms with Gasteiger partial charge in [-0.1, -0.05) is 0 Å². The molecule has 19 heavy (non-hydrogen) atoms. The number of carbonyl (C=O) groups is 4. The summed E-state index contributed by atoms with van der Waals surface area (Å²) in [6.45, 7) is 1.92. The molecule has 9 heteroatoms. The van der Waals surface area contributed by atoms with Gasteiger partial charge in [-0.15, -0.1) is 0 Å². The molecule has 0 aromatic heterocycles. The Bertz CT molecular complexity index is 379. The minimum atomic E-state index is -1.22. The van der Waals surface area contributed by atoms with Crippen molar-refractivity contribution in [3.05, 3.63) is 0 Å². The number of imide groups is 1. The van der Waals surface area contributed by atoms with E-state index in [9.17, 15) is 19.2 Å². The second kappa shape index (κ2) is 7.31. The molecular formula is C10H17N3O6. The van der Waals surface area contributed by atoms with Gasteiger partial charge in [0.15, 0.2) is 0 Å². The molecule has 0 atom stereocenters. The van der Waals surface area contributed by atoms with Crippen LogP contribution in [0, 0.1) is 0 Å². The summed E-state index contributed by atoms with van der Waals surface area (Å²) < 4.78 is 4.49. The van der Waals surface area contributed by atoms with Crippen molar-refractivity contribution in [3.8, 4) is 0 Å². The molecule has 0 aromatic rings. The van der Waals surface area contributed by atoms with E-state index in [-0.39, 0.29) is 6.42 Å². The largest absolute Gasteiger partial charge is 0.480 e. The minimum absolute atomic E-state index is 0.0931. The highest BCUT2D eigenvalue weighted by atomic mass is 16.5. The summed E-state index contributed by atoms with van der Waals surface area (Å²) in [6.07, 6.45) is -0.0931. The van der Waals surface area contributed by atoms with Gasteiger partial charge in [0.25, 0.3) is 5.91 Å². The van der Waals surface area contributed by atoms with Crippen LogP contribution in [-0.2, 0) is 19.1 Å². The molecule has 0 radical (unpaired) electrons. The minimum Gasteiger partial charge on any atom is -0.480 e. The fourth-order valence-electron chi connectivity index (χ4n) is 1.21. The zero-order chi connectivity index (χ0) is 15.1. The quantitative estimate of drug-likeness (QED) is 0.447. The smallest absolute Gasteiger partial charge is 0.329 e. The Morgan fingerprint density at radius 1 is 1.21 bits per heavy atom. The van der Waals surface area contributed by atoms with Crippen LogP contribution in [0.4, 0.5) is 4.79 Å². The number of carboxylic acid groups (broad SMARTS) is 1. The van der Waals surface area contributed by atoms with Crippen LogP contribution in [0.25, 0.3) is 0 Å². The lowest BCUT2D eigenvalue weighted by molar-refractivity contribution is -0.143. The lowest BCUT2D eigenvalue weighted by atomic mass is 10.0. The van der Waals surface area contributed by atoms with Gasteiger partial charge in [0.05, 0.1) is 0 Å². The van der Waals surface area contributed by atoms with Gasteiger partial charge in [-0.3, -0.25) is 14.9 Å². The normalized spacial score (nSPS) is 10.6. The maximum atomic E-state index is 11.4. The number of aliphatic carboxylic acids is 1. The number of urea groups is 1. The molecule has 0 rings (SSSR count). The fraction of sp³-hybridized carbons (Fsp3) is 0.600. The van der Waals surface area contributed by atoms with Crippen molar-refractivity contribution in [1.82, 2.24) is 10.6 Å². The number of amides is 4. The van der Waals surface area contributed by atoms with Crippen molar-refractivity contribution < 1.29 is 29.0 Å². The molecule has 0 fully saturated rings. The Labute approximate surface area is 109 Å². The van der Waals surface area contributed by atoms with Gasteiger partial charge in [-0.25, -0.2) is 9.59 Å². The Hall–Kier alpha value is -2.16. The van der Waals surface area contributed by atoms with E-state index in [1.54, 1.807) is 13.8 Å². The van der Waals surface area contributed by atoms with Crippen LogP contribution < -0.4 is 16.4 Å². The summed E-state index contributed by atoms with van der Waals surface area (Å²) in [5.74, 6) is -2.62. The Morgan fingerprint density at radius 3 is 2.26 bits per heavy atom. The Morgan fingerprint density at radius 2 is 1.79 bits per heavy atom. The van der Waals surface area contributed by atoms with Crippen LogP contribution in [0.15, 0.2) is 0 Å². The van der Waals surface area contributed by atoms with Gasteiger partial charge in [0.2, 0.25) is 5.91 Å². The zero-order valence-corrected chi connectivity index (χ0v) is 10.7. The average Bonchev–Trinajstić information content (AvgIpc) is 2.12. The first-order valence-corrected chi connectivity index (χ1v) is 5.32. The molecule has 9 nitrogen and oxygen atoms in total. The van der Waals surface area contributed by atoms with Crippen LogP contribution >= 0.6 is 0 Å². The van der Waals surface area contributed by atoms with Crippen LogP contribution in [0.2, 0.25) is 0 Å². The van der Waals surface area contributed by atoms with E-state index in [2.05, 4.69) is 10.1 Å². The van der Waals surface area contributed by atoms with Gasteiger partial charge in [-0.05, 0) is 13.8 Å². The van der Waals surface area contributed by atoms with E-state index < -0.39 is 42.6 Å². The Kier molecular flexibility index (Phi) is 6.48. The van der Waals surface area contributed by atoms with Crippen molar-refractivity contribution in [3.63, 3.8) is 0 Å². The summed E-state index contributed by atoms with van der Waals surface area (Å²) >= 11 is 0. The average molecular weight is 275 g/mol. The molecule has 0 aromatic carbocycles. The first-order valence-electron chi connectivity index (χ1n) is 5.32. The number of nitrogens with one attached hydrogen (secondary N) is 2. The molecule has 0 saturated carbocycles. The highest BCUT2D eigenvalue weighted by Crippen LogP contribution is 2.06. The molecule has 0 aliphatic carbocycles. The molecule has 4 amide bonds. The fourth-order valence-corrected chi connectivity index (χ4v) is 1.21. The summed E-state index contributed by atoms with van der Waals surface area (Å²) in [6, 6.07) is -0.824. The number of primary amides is 1. The highest BCUT2D eigenvalue weighted by Gasteiger charge is 2.23. The van der Waals surface area contributed by atoms with Crippen molar-refractivity contribution in [2.24, 2.45) is 5.73 Å². The van der Waals surface area contributed by atoms with E-state index in [0.717, 1.165) is 0 Å². The van der Waals surface area contributed by atoms with Gasteiger partial charge in [0.1, 0.15) is 13.2 Å². The Balaban J connectivity index is 4.06. The molecule has 0 spiro atoms. The van der Waals surface area contributed by atoms with Crippen LogP contribution in [-0.4, -0.2) is 47.7 Å². The van der Waals surface area contributed by atoms with E-state index in [0.29, 0.717) is 0 Å². The third-order valence-electron chi connectivity index (χ3n) is 1.78. The number of carbonyl (C=O) groups excluding carboxylic acids is 3. The number of nitrogens with two attached hydrogens (primary N) is 1. The van der Waals surface area contributed by atoms with E-state index >= 15 is 0 Å². The molecule has 5 N–H and O–H groups in total. The number of hydrogen-bond donors (Lipinski definition) is 4. The summed E-state index contributed by atoms with van der Waals surface area (Å²) in [7, 11) is 0. The van der Waals surface area contributed by atoms with Crippen LogP contribution in [0.5, 0.6) is 0 Å². The summed E-state index contributed by atoms with van der Waals surface area (Å²) in [5, 5.41) is 12.6. The molecule has 0 heterocycles. The number of rotatable bonds is 7. The number of hydrogen-bond acceptors (Lipinski definition) is 5. The van der Waals surface area contributed by atoms with Crippen molar-refractivity contribution in [1.29, 1.82) is 0 Å². The first kappa shape index (κ1) is 16.8. The van der Waals surface area contributed by atoms with E-state index in [1.807, 2.05) is 5.32 Å². The van der Waals surface area contributed by atoms with Crippen molar-refractivity contribution in [2.75, 3.05) is 13.2 Å². The summed E-state index contributed by atoms with van der Waals surface area (Å²) in [4.78, 5) is 43.4. The maximum Gasteiger partial charge on any atom is 0.329 e. The molecule has 0 saturated heterocycles. The zero-order valence-electron chi connectivity index (χ0n) is 10.7. The molecule has 0 aliphatic rings. The van der Waals surface area contributed by atoms with Crippen molar-refractivity contribution >= 4 is 23.8 Å². The standard InChI is InChI=1S/C10H17N3O6/c1-10(2,3-6(11)14)13-9(18)12-7(15)4-19-5-8(16)17/h3-5H2,1-2H3,(H2,11,14)(H,16,17)(H2,12,13,15,18). The lowest BCUT2D eigenvalue weighted by Gasteiger charge is -2.24. The predicted molar refractivity (Wildman–Crippen MR) is 63.0 cm³/mol. The molecular weight excluding hydrogens is 258 g/mol. The third kappa shape index (κ3) is 9.53. The lowest BCUT2D eigenvalue weighted by Crippen LogP contribution is -2.52. The van der Waals surface area contributed by atoms with E-state index in [4.69, 9.17) is 10.8 Å². The van der Waals surface area contributed by atoms with Gasteiger partial charge in [0, 0.05) is 12.0 Å². The van der Waals surface area contributed by atoms with Gasteiger partial charge < -0.3 is 20.9 Å². The van der Waals surface area contributed by atoms with Gasteiger partial charge >= 0.3 is 12.0 Å². The second-order valence-electron chi connectivity index (χ2n) is 4.42. The van der Waals surface area contributed by atoms with Crippen molar-refractivity contribution in [2.45, 2.75) is 25.8 Å². The summed E-state index contributed by atoms with van der Waals surface area (Å²) in [5.41, 5.74) is 4.09. The topological polar surface area (TPSA) is 148 Å². The third-order valence-corrected chi connectivity index (χ3v) is 1.78. The SMILES string of the molecule is CC(C)(CC(N)=O)NC(=O)NC(=O)COCC(=O)O.